The maximum atomic E-state index is 12.1. The zero-order chi connectivity index (χ0) is 21.0. The predicted octanol–water partition coefficient (Wildman–Crippen LogP) is 3.17. The van der Waals surface area contributed by atoms with Crippen molar-refractivity contribution in [3.8, 4) is 5.75 Å². The number of hydrogen-bond acceptors (Lipinski definition) is 6. The number of ether oxygens (including phenoxy) is 1. The lowest BCUT2D eigenvalue weighted by Crippen LogP contribution is -2.34. The Hall–Kier alpha value is -2.71. The van der Waals surface area contributed by atoms with Crippen LogP contribution >= 0.6 is 0 Å². The van der Waals surface area contributed by atoms with Crippen molar-refractivity contribution in [3.05, 3.63) is 71.8 Å². The smallest absolute Gasteiger partial charge is 0.178 e. The molecular weight excluding hydrogens is 400 g/mol. The minimum atomic E-state index is -3.29. The van der Waals surface area contributed by atoms with Gasteiger partial charge in [-0.15, -0.1) is 0 Å². The van der Waals surface area contributed by atoms with Gasteiger partial charge in [-0.05, 0) is 37.6 Å². The normalized spacial score (nSPS) is 17.7. The lowest BCUT2D eigenvalue weighted by atomic mass is 9.94. The Morgan fingerprint density at radius 3 is 2.83 bits per heavy atom. The molecule has 0 spiro atoms. The van der Waals surface area contributed by atoms with Crippen molar-refractivity contribution < 1.29 is 13.2 Å². The third-order valence-electron chi connectivity index (χ3n) is 5.41. The van der Waals surface area contributed by atoms with Gasteiger partial charge in [0.15, 0.2) is 9.84 Å². The summed E-state index contributed by atoms with van der Waals surface area (Å²) in [5.41, 5.74) is 2.72. The number of nitrogens with zero attached hydrogens (tertiary/aromatic N) is 3. The zero-order valence-electron chi connectivity index (χ0n) is 17.0. The second-order valence-corrected chi connectivity index (χ2v) is 9.70. The highest BCUT2D eigenvalue weighted by Gasteiger charge is 2.28. The van der Waals surface area contributed by atoms with Crippen LogP contribution in [0.1, 0.15) is 35.7 Å². The fourth-order valence-corrected chi connectivity index (χ4v) is 4.82. The first-order valence-electron chi connectivity index (χ1n) is 10.1. The first-order valence-corrected chi connectivity index (χ1v) is 12.0. The van der Waals surface area contributed by atoms with E-state index in [1.54, 1.807) is 6.20 Å². The van der Waals surface area contributed by atoms with Crippen LogP contribution in [0.3, 0.4) is 0 Å². The summed E-state index contributed by atoms with van der Waals surface area (Å²) in [4.78, 5) is 6.98. The molecule has 1 aliphatic heterocycles. The van der Waals surface area contributed by atoms with Gasteiger partial charge in [0.25, 0.3) is 0 Å². The third-order valence-corrected chi connectivity index (χ3v) is 6.54. The first kappa shape index (κ1) is 20.6. The Balaban J connectivity index is 1.45. The molecule has 0 amide bonds. The van der Waals surface area contributed by atoms with E-state index < -0.39 is 9.84 Å². The van der Waals surface area contributed by atoms with Crippen LogP contribution in [0.15, 0.2) is 59.8 Å². The number of rotatable bonds is 7. The van der Waals surface area contributed by atoms with E-state index in [9.17, 15) is 8.42 Å². The van der Waals surface area contributed by atoms with Crippen molar-refractivity contribution in [2.45, 2.75) is 36.8 Å². The van der Waals surface area contributed by atoms with Gasteiger partial charge in [-0.3, -0.25) is 15.0 Å². The lowest BCUT2D eigenvalue weighted by Gasteiger charge is -2.33. The van der Waals surface area contributed by atoms with Crippen LogP contribution in [0.4, 0.5) is 0 Å². The van der Waals surface area contributed by atoms with Crippen molar-refractivity contribution in [1.29, 1.82) is 0 Å². The third kappa shape index (κ3) is 4.88. The molecule has 1 unspecified atom stereocenters. The molecule has 1 aliphatic rings. The van der Waals surface area contributed by atoms with E-state index in [0.29, 0.717) is 11.5 Å². The van der Waals surface area contributed by atoms with E-state index in [0.717, 1.165) is 55.2 Å². The van der Waals surface area contributed by atoms with Gasteiger partial charge in [0.1, 0.15) is 17.3 Å². The maximum Gasteiger partial charge on any atom is 0.178 e. The van der Waals surface area contributed by atoms with Crippen molar-refractivity contribution >= 4 is 9.84 Å². The van der Waals surface area contributed by atoms with Crippen LogP contribution in [0.5, 0.6) is 5.75 Å². The fraction of sp³-hybridized carbons (Fsp3) is 0.364. The Bertz CT molecular complexity index is 1080. The van der Waals surface area contributed by atoms with Crippen molar-refractivity contribution in [2.24, 2.45) is 0 Å². The van der Waals surface area contributed by atoms with Gasteiger partial charge in [-0.2, -0.15) is 5.10 Å². The van der Waals surface area contributed by atoms with E-state index in [2.05, 4.69) is 26.1 Å². The Morgan fingerprint density at radius 2 is 2.03 bits per heavy atom. The summed E-state index contributed by atoms with van der Waals surface area (Å²) in [5, 5.41) is 6.92. The molecule has 4 rings (SSSR count). The summed E-state index contributed by atoms with van der Waals surface area (Å²) in [6, 6.07) is 13.8. The highest BCUT2D eigenvalue weighted by atomic mass is 32.2. The van der Waals surface area contributed by atoms with Crippen LogP contribution in [0.25, 0.3) is 0 Å². The fourth-order valence-electron chi connectivity index (χ4n) is 3.96. The maximum absolute atomic E-state index is 12.1. The minimum Gasteiger partial charge on any atom is -0.487 e. The van der Waals surface area contributed by atoms with Gasteiger partial charge in [-0.1, -0.05) is 24.3 Å². The number of hydrogen-bond donors (Lipinski definition) is 1. The first-order chi connectivity index (χ1) is 14.5. The Labute approximate surface area is 177 Å². The molecule has 2 aromatic heterocycles. The second kappa shape index (κ2) is 8.97. The van der Waals surface area contributed by atoms with Crippen LogP contribution in [-0.2, 0) is 23.0 Å². The number of para-hydroxylation sites is 1. The SMILES string of the molecule is CS(=O)(=O)c1cn[nH]c1C1CCCN(Cc2ccccc2OCc2ccccn2)C1. The van der Waals surface area contributed by atoms with Gasteiger partial charge in [0, 0.05) is 37.0 Å². The number of likely N-dealkylation sites (tertiary alicyclic amines) is 1. The highest BCUT2D eigenvalue weighted by Crippen LogP contribution is 2.31. The van der Waals surface area contributed by atoms with Gasteiger partial charge < -0.3 is 4.74 Å². The molecule has 0 bridgehead atoms. The number of H-pyrrole nitrogens is 1. The van der Waals surface area contributed by atoms with E-state index in [4.69, 9.17) is 4.74 Å². The molecule has 1 atom stereocenters. The van der Waals surface area contributed by atoms with E-state index >= 15 is 0 Å². The van der Waals surface area contributed by atoms with Crippen molar-refractivity contribution in [2.75, 3.05) is 19.3 Å². The van der Waals surface area contributed by atoms with E-state index in [1.165, 1.54) is 12.5 Å². The molecule has 7 nitrogen and oxygen atoms in total. The molecule has 1 saturated heterocycles. The summed E-state index contributed by atoms with van der Waals surface area (Å²) < 4.78 is 30.2. The van der Waals surface area contributed by atoms with E-state index in [-0.39, 0.29) is 5.92 Å². The largest absolute Gasteiger partial charge is 0.487 e. The molecule has 3 heterocycles. The summed E-state index contributed by atoms with van der Waals surface area (Å²) >= 11 is 0. The van der Waals surface area contributed by atoms with Gasteiger partial charge in [0.05, 0.1) is 17.6 Å². The average Bonchev–Trinajstić information content (AvgIpc) is 3.25. The Kier molecular flexibility index (Phi) is 6.15. The number of nitrogens with one attached hydrogen (secondary N) is 1. The van der Waals surface area contributed by atoms with Crippen LogP contribution < -0.4 is 4.74 Å². The standard InChI is InChI=1S/C22H26N4O3S/c1-30(27,28)21-13-24-25-22(21)18-8-6-12-26(15-18)14-17-7-2-3-10-20(17)29-16-19-9-4-5-11-23-19/h2-5,7,9-11,13,18H,6,8,12,14-16H2,1H3,(H,24,25). The van der Waals surface area contributed by atoms with E-state index in [1.807, 2.05) is 36.4 Å². The molecule has 30 heavy (non-hydrogen) atoms. The zero-order valence-corrected chi connectivity index (χ0v) is 17.8. The summed E-state index contributed by atoms with van der Waals surface area (Å²) in [6.45, 7) is 2.91. The lowest BCUT2D eigenvalue weighted by molar-refractivity contribution is 0.193. The van der Waals surface area contributed by atoms with Crippen molar-refractivity contribution in [3.63, 3.8) is 0 Å². The molecular formula is C22H26N4O3S. The topological polar surface area (TPSA) is 88.2 Å². The summed E-state index contributed by atoms with van der Waals surface area (Å²) in [6.07, 6.45) is 6.36. The number of sulfone groups is 1. The molecule has 0 aliphatic carbocycles. The van der Waals surface area contributed by atoms with Crippen LogP contribution in [0, 0.1) is 0 Å². The quantitative estimate of drug-likeness (QED) is 0.624. The minimum absolute atomic E-state index is 0.118. The monoisotopic (exact) mass is 426 g/mol. The van der Waals surface area contributed by atoms with Crippen molar-refractivity contribution in [1.82, 2.24) is 20.1 Å². The second-order valence-electron chi connectivity index (χ2n) is 7.71. The molecule has 0 saturated carbocycles. The number of pyridine rings is 1. The molecule has 1 aromatic carbocycles. The van der Waals surface area contributed by atoms with Crippen LogP contribution in [-0.4, -0.2) is 47.8 Å². The molecule has 158 valence electrons. The number of piperidine rings is 1. The molecule has 1 fully saturated rings. The molecule has 0 radical (unpaired) electrons. The summed E-state index contributed by atoms with van der Waals surface area (Å²) in [7, 11) is -3.29. The number of aromatic amines is 1. The van der Waals surface area contributed by atoms with Gasteiger partial charge in [0.2, 0.25) is 0 Å². The summed E-state index contributed by atoms with van der Waals surface area (Å²) in [5.74, 6) is 0.969. The molecule has 1 N–H and O–H groups in total. The Morgan fingerprint density at radius 1 is 1.20 bits per heavy atom. The van der Waals surface area contributed by atoms with Gasteiger partial charge in [-0.25, -0.2) is 8.42 Å². The van der Waals surface area contributed by atoms with Gasteiger partial charge >= 0.3 is 0 Å². The predicted molar refractivity (Wildman–Crippen MR) is 114 cm³/mol. The number of benzene rings is 1. The number of aromatic nitrogens is 3. The molecule has 8 heteroatoms. The molecule has 3 aromatic rings. The highest BCUT2D eigenvalue weighted by molar-refractivity contribution is 7.90. The van der Waals surface area contributed by atoms with Crippen LogP contribution in [0.2, 0.25) is 0 Å². The average molecular weight is 427 g/mol.